The number of carboxylic acid groups (broad SMARTS) is 1. The van der Waals surface area contributed by atoms with Crippen LogP contribution in [0.15, 0.2) is 0 Å². The average molecular weight is 213 g/mol. The number of carboxylic acids is 1. The number of aliphatic hydroxyl groups excluding tert-OH is 1. The summed E-state index contributed by atoms with van der Waals surface area (Å²) in [6, 6.07) is 0.573. The molecule has 0 bridgehead atoms. The molecule has 2 rings (SSSR count). The number of nitrogens with zero attached hydrogens (tertiary/aromatic N) is 1. The van der Waals surface area contributed by atoms with E-state index in [0.717, 1.165) is 38.8 Å². The van der Waals surface area contributed by atoms with Gasteiger partial charge in [0, 0.05) is 31.7 Å². The van der Waals surface area contributed by atoms with E-state index in [1.807, 2.05) is 0 Å². The van der Waals surface area contributed by atoms with Gasteiger partial charge in [0.2, 0.25) is 0 Å². The highest BCUT2D eigenvalue weighted by Gasteiger charge is 2.35. The Bertz CT molecular complexity index is 230. The Balaban J connectivity index is 1.73. The fourth-order valence-electron chi connectivity index (χ4n) is 2.71. The van der Waals surface area contributed by atoms with Crippen LogP contribution in [0.1, 0.15) is 25.7 Å². The van der Waals surface area contributed by atoms with Gasteiger partial charge in [-0.05, 0) is 25.7 Å². The van der Waals surface area contributed by atoms with E-state index in [2.05, 4.69) is 4.90 Å². The lowest BCUT2D eigenvalue weighted by atomic mass is 9.83. The lowest BCUT2D eigenvalue weighted by molar-refractivity contribution is -0.143. The van der Waals surface area contributed by atoms with Crippen LogP contribution in [0.25, 0.3) is 0 Å². The van der Waals surface area contributed by atoms with Gasteiger partial charge < -0.3 is 10.2 Å². The average Bonchev–Trinajstić information content (AvgIpc) is 2.17. The van der Waals surface area contributed by atoms with Crippen molar-refractivity contribution in [3.63, 3.8) is 0 Å². The standard InChI is InChI=1S/C11H19NO3/c13-7-8-5-12(6-8)10-3-1-9(2-4-10)11(14)15/h8-10,13H,1-7H2,(H,14,15). The van der Waals surface area contributed by atoms with E-state index in [-0.39, 0.29) is 5.92 Å². The number of hydrogen-bond acceptors (Lipinski definition) is 3. The van der Waals surface area contributed by atoms with Crippen LogP contribution in [-0.2, 0) is 4.79 Å². The molecule has 2 N–H and O–H groups in total. The van der Waals surface area contributed by atoms with Gasteiger partial charge in [0.1, 0.15) is 0 Å². The molecule has 15 heavy (non-hydrogen) atoms. The van der Waals surface area contributed by atoms with Crippen LogP contribution in [0.2, 0.25) is 0 Å². The van der Waals surface area contributed by atoms with Crippen LogP contribution in [0.4, 0.5) is 0 Å². The van der Waals surface area contributed by atoms with Gasteiger partial charge >= 0.3 is 5.97 Å². The van der Waals surface area contributed by atoms with Crippen molar-refractivity contribution in [1.29, 1.82) is 0 Å². The van der Waals surface area contributed by atoms with Crippen molar-refractivity contribution in [2.24, 2.45) is 11.8 Å². The van der Waals surface area contributed by atoms with Crippen LogP contribution in [0.5, 0.6) is 0 Å². The van der Waals surface area contributed by atoms with Gasteiger partial charge in [0.05, 0.1) is 5.92 Å². The Hall–Kier alpha value is -0.610. The quantitative estimate of drug-likeness (QED) is 0.719. The third-order valence-corrected chi connectivity index (χ3v) is 3.81. The molecule has 0 radical (unpaired) electrons. The van der Waals surface area contributed by atoms with E-state index in [1.165, 1.54) is 0 Å². The monoisotopic (exact) mass is 213 g/mol. The SMILES string of the molecule is O=C(O)C1CCC(N2CC(CO)C2)CC1. The van der Waals surface area contributed by atoms with Crippen LogP contribution >= 0.6 is 0 Å². The summed E-state index contributed by atoms with van der Waals surface area (Å²) in [4.78, 5) is 13.2. The minimum absolute atomic E-state index is 0.115. The molecule has 1 aliphatic heterocycles. The van der Waals surface area contributed by atoms with E-state index in [1.54, 1.807) is 0 Å². The Morgan fingerprint density at radius 3 is 2.27 bits per heavy atom. The zero-order valence-electron chi connectivity index (χ0n) is 8.93. The second-order valence-electron chi connectivity index (χ2n) is 4.85. The molecule has 0 aromatic heterocycles. The minimum Gasteiger partial charge on any atom is -0.481 e. The molecule has 4 heteroatoms. The third kappa shape index (κ3) is 2.32. The summed E-state index contributed by atoms with van der Waals surface area (Å²) in [6.45, 7) is 2.29. The minimum atomic E-state index is -0.634. The van der Waals surface area contributed by atoms with Gasteiger partial charge in [-0.25, -0.2) is 0 Å². The van der Waals surface area contributed by atoms with Gasteiger partial charge in [-0.3, -0.25) is 9.69 Å². The Labute approximate surface area is 89.9 Å². The van der Waals surface area contributed by atoms with Gasteiger partial charge in [0.25, 0.3) is 0 Å². The van der Waals surface area contributed by atoms with E-state index < -0.39 is 5.97 Å². The number of likely N-dealkylation sites (tertiary alicyclic amines) is 1. The predicted octanol–water partition coefficient (Wildman–Crippen LogP) is 0.554. The molecule has 2 aliphatic rings. The number of aliphatic hydroxyl groups is 1. The number of hydrogen-bond donors (Lipinski definition) is 2. The summed E-state index contributed by atoms with van der Waals surface area (Å²) in [6.07, 6.45) is 3.66. The first-order valence-electron chi connectivity index (χ1n) is 5.78. The Morgan fingerprint density at radius 2 is 1.80 bits per heavy atom. The van der Waals surface area contributed by atoms with E-state index in [0.29, 0.717) is 18.6 Å². The molecule has 0 aromatic rings. The summed E-state index contributed by atoms with van der Waals surface area (Å²) in [5.41, 5.74) is 0. The highest BCUT2D eigenvalue weighted by atomic mass is 16.4. The first-order chi connectivity index (χ1) is 7.20. The molecule has 86 valence electrons. The lowest BCUT2D eigenvalue weighted by Gasteiger charge is -2.45. The molecule has 1 saturated carbocycles. The van der Waals surface area contributed by atoms with Crippen molar-refractivity contribution in [3.05, 3.63) is 0 Å². The lowest BCUT2D eigenvalue weighted by Crippen LogP contribution is -2.54. The normalized spacial score (nSPS) is 33.7. The second-order valence-corrected chi connectivity index (χ2v) is 4.85. The number of carbonyl (C=O) groups is 1. The molecular weight excluding hydrogens is 194 g/mol. The first-order valence-corrected chi connectivity index (χ1v) is 5.78. The highest BCUT2D eigenvalue weighted by molar-refractivity contribution is 5.70. The first kappa shape index (κ1) is 10.9. The Morgan fingerprint density at radius 1 is 1.20 bits per heavy atom. The fraction of sp³-hybridized carbons (Fsp3) is 0.909. The fourth-order valence-corrected chi connectivity index (χ4v) is 2.71. The van der Waals surface area contributed by atoms with E-state index in [9.17, 15) is 4.79 Å². The summed E-state index contributed by atoms with van der Waals surface area (Å²) in [5, 5.41) is 17.8. The summed E-state index contributed by atoms with van der Waals surface area (Å²) in [7, 11) is 0. The van der Waals surface area contributed by atoms with Crippen molar-refractivity contribution < 1.29 is 15.0 Å². The topological polar surface area (TPSA) is 60.8 Å². The summed E-state index contributed by atoms with van der Waals surface area (Å²) < 4.78 is 0. The largest absolute Gasteiger partial charge is 0.481 e. The van der Waals surface area contributed by atoms with Gasteiger partial charge in [-0.1, -0.05) is 0 Å². The van der Waals surface area contributed by atoms with E-state index in [4.69, 9.17) is 10.2 Å². The number of rotatable bonds is 3. The van der Waals surface area contributed by atoms with Crippen molar-refractivity contribution in [2.75, 3.05) is 19.7 Å². The van der Waals surface area contributed by atoms with Crippen LogP contribution in [0.3, 0.4) is 0 Å². The van der Waals surface area contributed by atoms with Crippen molar-refractivity contribution in [3.8, 4) is 0 Å². The predicted molar refractivity (Wildman–Crippen MR) is 55.5 cm³/mol. The molecule has 0 unspecified atom stereocenters. The molecule has 1 aliphatic carbocycles. The van der Waals surface area contributed by atoms with Crippen LogP contribution in [-0.4, -0.2) is 46.8 Å². The molecule has 0 aromatic carbocycles. The van der Waals surface area contributed by atoms with Gasteiger partial charge in [-0.15, -0.1) is 0 Å². The van der Waals surface area contributed by atoms with Gasteiger partial charge in [0.15, 0.2) is 0 Å². The summed E-state index contributed by atoms with van der Waals surface area (Å²) >= 11 is 0. The second kappa shape index (κ2) is 4.49. The molecule has 4 nitrogen and oxygen atoms in total. The summed E-state index contributed by atoms with van der Waals surface area (Å²) in [5.74, 6) is -0.288. The van der Waals surface area contributed by atoms with Crippen molar-refractivity contribution in [2.45, 2.75) is 31.7 Å². The van der Waals surface area contributed by atoms with E-state index >= 15 is 0 Å². The molecule has 1 saturated heterocycles. The van der Waals surface area contributed by atoms with Crippen molar-refractivity contribution in [1.82, 2.24) is 4.90 Å². The molecule has 0 amide bonds. The smallest absolute Gasteiger partial charge is 0.306 e. The zero-order chi connectivity index (χ0) is 10.8. The molecule has 0 spiro atoms. The zero-order valence-corrected chi connectivity index (χ0v) is 8.93. The maximum atomic E-state index is 10.8. The molecular formula is C11H19NO3. The van der Waals surface area contributed by atoms with Crippen LogP contribution < -0.4 is 0 Å². The number of aliphatic carboxylic acids is 1. The molecule has 1 heterocycles. The highest BCUT2D eigenvalue weighted by Crippen LogP contribution is 2.31. The maximum Gasteiger partial charge on any atom is 0.306 e. The molecule has 0 atom stereocenters. The third-order valence-electron chi connectivity index (χ3n) is 3.81. The maximum absolute atomic E-state index is 10.8. The van der Waals surface area contributed by atoms with Gasteiger partial charge in [-0.2, -0.15) is 0 Å². The molecule has 2 fully saturated rings. The van der Waals surface area contributed by atoms with Crippen LogP contribution in [0, 0.1) is 11.8 Å². The Kier molecular flexibility index (Phi) is 3.26. The van der Waals surface area contributed by atoms with Crippen molar-refractivity contribution >= 4 is 5.97 Å².